The maximum atomic E-state index is 11.6. The highest BCUT2D eigenvalue weighted by Gasteiger charge is 2.18. The molecule has 0 atom stereocenters. The van der Waals surface area contributed by atoms with Gasteiger partial charge in [-0.25, -0.2) is 4.98 Å². The van der Waals surface area contributed by atoms with E-state index in [-0.39, 0.29) is 26.3 Å². The van der Waals surface area contributed by atoms with Crippen molar-refractivity contribution in [1.82, 2.24) is 15.2 Å². The average molecular weight is 358 g/mol. The molecular formula is C11H12Cl4N4O. The Hall–Kier alpha value is -0.460. The van der Waals surface area contributed by atoms with Crippen LogP contribution in [0.1, 0.15) is 0 Å². The topological polar surface area (TPSA) is 57.3 Å². The fourth-order valence-corrected chi connectivity index (χ4v) is 2.70. The molecule has 9 heteroatoms. The highest BCUT2D eigenvalue weighted by atomic mass is 35.5. The van der Waals surface area contributed by atoms with E-state index in [9.17, 15) is 4.79 Å². The Morgan fingerprint density at radius 3 is 2.45 bits per heavy atom. The summed E-state index contributed by atoms with van der Waals surface area (Å²) in [6, 6.07) is 0. The van der Waals surface area contributed by atoms with E-state index in [2.05, 4.69) is 15.6 Å². The van der Waals surface area contributed by atoms with Gasteiger partial charge in [0.05, 0.1) is 12.2 Å². The van der Waals surface area contributed by atoms with Crippen LogP contribution in [0.15, 0.2) is 0 Å². The summed E-state index contributed by atoms with van der Waals surface area (Å²) in [4.78, 5) is 17.2. The molecule has 0 aromatic carbocycles. The van der Waals surface area contributed by atoms with E-state index in [4.69, 9.17) is 46.4 Å². The number of nitrogens with zero attached hydrogens (tertiary/aromatic N) is 2. The SMILES string of the molecule is O=C1CNCCN1CCNc1c(Cl)c(Cl)nc(Cl)c1Cl. The van der Waals surface area contributed by atoms with Gasteiger partial charge in [-0.1, -0.05) is 46.4 Å². The van der Waals surface area contributed by atoms with Crippen LogP contribution in [-0.4, -0.2) is 48.5 Å². The lowest BCUT2D eigenvalue weighted by molar-refractivity contribution is -0.131. The molecule has 20 heavy (non-hydrogen) atoms. The van der Waals surface area contributed by atoms with Gasteiger partial charge in [0.1, 0.15) is 10.0 Å². The molecule has 1 saturated heterocycles. The fraction of sp³-hybridized carbons (Fsp3) is 0.455. The van der Waals surface area contributed by atoms with Crippen LogP contribution in [-0.2, 0) is 4.79 Å². The van der Waals surface area contributed by atoms with Gasteiger partial charge in [-0.05, 0) is 0 Å². The smallest absolute Gasteiger partial charge is 0.236 e. The summed E-state index contributed by atoms with van der Waals surface area (Å²) in [5.41, 5.74) is 0.431. The molecule has 0 spiro atoms. The number of carbonyl (C=O) groups excluding carboxylic acids is 1. The minimum Gasteiger partial charge on any atom is -0.381 e. The predicted octanol–water partition coefficient (Wildman–Crippen LogP) is 2.54. The van der Waals surface area contributed by atoms with Crippen LogP contribution in [0, 0.1) is 0 Å². The molecule has 2 rings (SSSR count). The van der Waals surface area contributed by atoms with Crippen LogP contribution in [0.25, 0.3) is 0 Å². The number of halogens is 4. The molecule has 1 aliphatic heterocycles. The summed E-state index contributed by atoms with van der Waals surface area (Å²) in [7, 11) is 0. The van der Waals surface area contributed by atoms with Crippen molar-refractivity contribution < 1.29 is 4.79 Å². The Balaban J connectivity index is 1.99. The summed E-state index contributed by atoms with van der Waals surface area (Å²) in [5, 5.41) is 6.65. The lowest BCUT2D eigenvalue weighted by Gasteiger charge is -2.27. The largest absolute Gasteiger partial charge is 0.381 e. The number of pyridine rings is 1. The van der Waals surface area contributed by atoms with E-state index < -0.39 is 0 Å². The molecule has 2 heterocycles. The zero-order chi connectivity index (χ0) is 14.7. The van der Waals surface area contributed by atoms with Crippen molar-refractivity contribution in [3.05, 3.63) is 20.4 Å². The van der Waals surface area contributed by atoms with E-state index in [0.29, 0.717) is 31.9 Å². The van der Waals surface area contributed by atoms with Crippen molar-refractivity contribution in [2.24, 2.45) is 0 Å². The molecule has 1 amide bonds. The quantitative estimate of drug-likeness (QED) is 0.813. The number of hydrogen-bond donors (Lipinski definition) is 2. The molecule has 1 fully saturated rings. The molecule has 0 bridgehead atoms. The summed E-state index contributed by atoms with van der Waals surface area (Å²) in [5.74, 6) is 0.0704. The van der Waals surface area contributed by atoms with Gasteiger partial charge in [-0.3, -0.25) is 4.79 Å². The Bertz CT molecular complexity index is 499. The highest BCUT2D eigenvalue weighted by molar-refractivity contribution is 6.48. The van der Waals surface area contributed by atoms with Crippen LogP contribution in [0.5, 0.6) is 0 Å². The lowest BCUT2D eigenvalue weighted by atomic mass is 10.3. The van der Waals surface area contributed by atoms with Crippen LogP contribution in [0.3, 0.4) is 0 Å². The molecule has 0 aliphatic carbocycles. The number of carbonyl (C=O) groups is 1. The first-order valence-corrected chi connectivity index (χ1v) is 7.44. The van der Waals surface area contributed by atoms with E-state index in [1.165, 1.54) is 0 Å². The summed E-state index contributed by atoms with van der Waals surface area (Å²) < 4.78 is 0. The van der Waals surface area contributed by atoms with Gasteiger partial charge in [0.15, 0.2) is 10.3 Å². The minimum absolute atomic E-state index is 0.0704. The second-order valence-electron chi connectivity index (χ2n) is 4.18. The number of rotatable bonds is 4. The summed E-state index contributed by atoms with van der Waals surface area (Å²) in [6.45, 7) is 2.88. The molecule has 110 valence electrons. The number of amides is 1. The number of piperazine rings is 1. The number of aromatic nitrogens is 1. The Morgan fingerprint density at radius 2 is 1.85 bits per heavy atom. The van der Waals surface area contributed by atoms with E-state index in [0.717, 1.165) is 6.54 Å². The molecule has 1 aromatic heterocycles. The number of hydrogen-bond acceptors (Lipinski definition) is 4. The maximum absolute atomic E-state index is 11.6. The Morgan fingerprint density at radius 1 is 1.20 bits per heavy atom. The van der Waals surface area contributed by atoms with Crippen LogP contribution in [0.2, 0.25) is 20.4 Å². The Kier molecular flexibility index (Phi) is 5.57. The minimum atomic E-state index is 0.0704. The van der Waals surface area contributed by atoms with Gasteiger partial charge < -0.3 is 15.5 Å². The monoisotopic (exact) mass is 356 g/mol. The first-order valence-electron chi connectivity index (χ1n) is 5.93. The number of nitrogens with one attached hydrogen (secondary N) is 2. The van der Waals surface area contributed by atoms with Crippen LogP contribution >= 0.6 is 46.4 Å². The second kappa shape index (κ2) is 7.00. The predicted molar refractivity (Wildman–Crippen MR) is 82.2 cm³/mol. The molecule has 2 N–H and O–H groups in total. The van der Waals surface area contributed by atoms with Crippen LogP contribution in [0.4, 0.5) is 5.69 Å². The molecular weight excluding hydrogens is 346 g/mol. The van der Waals surface area contributed by atoms with Crippen molar-refractivity contribution in [3.8, 4) is 0 Å². The van der Waals surface area contributed by atoms with Crippen molar-refractivity contribution in [3.63, 3.8) is 0 Å². The van der Waals surface area contributed by atoms with Gasteiger partial charge in [-0.2, -0.15) is 0 Å². The molecule has 0 radical (unpaired) electrons. The van der Waals surface area contributed by atoms with Crippen LogP contribution < -0.4 is 10.6 Å². The molecule has 0 saturated carbocycles. The average Bonchev–Trinajstić information content (AvgIpc) is 2.42. The highest BCUT2D eigenvalue weighted by Crippen LogP contribution is 2.38. The fourth-order valence-electron chi connectivity index (χ4n) is 1.84. The Labute approximate surface area is 136 Å². The number of anilines is 1. The lowest BCUT2D eigenvalue weighted by Crippen LogP contribution is -2.49. The third-order valence-electron chi connectivity index (χ3n) is 2.87. The molecule has 0 unspecified atom stereocenters. The van der Waals surface area contributed by atoms with Gasteiger partial charge >= 0.3 is 0 Å². The standard InChI is InChI=1S/C11H12Cl4N4O/c12-7-9(8(13)11(15)18-10(7)14)17-2-4-19-3-1-16-5-6(19)20/h16H,1-5H2,(H,17,18). The zero-order valence-corrected chi connectivity index (χ0v) is 13.4. The zero-order valence-electron chi connectivity index (χ0n) is 10.4. The van der Waals surface area contributed by atoms with E-state index in [1.54, 1.807) is 4.90 Å². The van der Waals surface area contributed by atoms with E-state index in [1.807, 2.05) is 0 Å². The van der Waals surface area contributed by atoms with Crippen molar-refractivity contribution >= 4 is 58.0 Å². The van der Waals surface area contributed by atoms with Gasteiger partial charge in [-0.15, -0.1) is 0 Å². The first-order chi connectivity index (χ1) is 9.50. The van der Waals surface area contributed by atoms with Gasteiger partial charge in [0, 0.05) is 26.2 Å². The van der Waals surface area contributed by atoms with Crippen molar-refractivity contribution in [2.75, 3.05) is 38.0 Å². The van der Waals surface area contributed by atoms with Gasteiger partial charge in [0.2, 0.25) is 5.91 Å². The van der Waals surface area contributed by atoms with E-state index >= 15 is 0 Å². The summed E-state index contributed by atoms with van der Waals surface area (Å²) in [6.07, 6.45) is 0. The maximum Gasteiger partial charge on any atom is 0.236 e. The molecule has 5 nitrogen and oxygen atoms in total. The van der Waals surface area contributed by atoms with Gasteiger partial charge in [0.25, 0.3) is 0 Å². The van der Waals surface area contributed by atoms with Crippen molar-refractivity contribution in [1.29, 1.82) is 0 Å². The second-order valence-corrected chi connectivity index (χ2v) is 5.65. The third-order valence-corrected chi connectivity index (χ3v) is 4.34. The molecule has 1 aliphatic rings. The molecule has 1 aromatic rings. The normalized spacial score (nSPS) is 15.6. The third kappa shape index (κ3) is 3.59. The summed E-state index contributed by atoms with van der Waals surface area (Å²) >= 11 is 23.7. The van der Waals surface area contributed by atoms with Crippen molar-refractivity contribution in [2.45, 2.75) is 0 Å². The first kappa shape index (κ1) is 15.9.